The van der Waals surface area contributed by atoms with Crippen LogP contribution in [0.4, 0.5) is 0 Å². The van der Waals surface area contributed by atoms with Crippen molar-refractivity contribution in [1.29, 1.82) is 0 Å². The molecular formula is C14H21N3. The lowest BCUT2D eigenvalue weighted by Gasteiger charge is -2.25. The van der Waals surface area contributed by atoms with E-state index in [-0.39, 0.29) is 5.41 Å². The van der Waals surface area contributed by atoms with Crippen LogP contribution in [0.1, 0.15) is 26.0 Å². The summed E-state index contributed by atoms with van der Waals surface area (Å²) < 4.78 is 1.96. The molecule has 17 heavy (non-hydrogen) atoms. The predicted molar refractivity (Wildman–Crippen MR) is 71.9 cm³/mol. The lowest BCUT2D eigenvalue weighted by atomic mass is 9.82. The Labute approximate surface area is 103 Å². The smallest absolute Gasteiger partial charge is 0.0709 e. The number of fused-ring (bicyclic) bond motifs is 1. The van der Waals surface area contributed by atoms with Crippen LogP contribution >= 0.6 is 0 Å². The topological polar surface area (TPSA) is 43.8 Å². The zero-order chi connectivity index (χ0) is 12.5. The van der Waals surface area contributed by atoms with E-state index in [2.05, 4.69) is 43.2 Å². The third-order valence-electron chi connectivity index (χ3n) is 3.77. The Morgan fingerprint density at radius 1 is 1.35 bits per heavy atom. The van der Waals surface area contributed by atoms with Crippen molar-refractivity contribution < 1.29 is 0 Å². The zero-order valence-corrected chi connectivity index (χ0v) is 10.9. The Morgan fingerprint density at radius 3 is 2.71 bits per heavy atom. The molecule has 2 aromatic rings. The van der Waals surface area contributed by atoms with Crippen molar-refractivity contribution in [3.05, 3.63) is 30.0 Å². The molecule has 1 aromatic heterocycles. The first-order chi connectivity index (χ1) is 8.09. The lowest BCUT2D eigenvalue weighted by molar-refractivity contribution is 0.317. The van der Waals surface area contributed by atoms with E-state index in [4.69, 9.17) is 5.73 Å². The molecule has 2 N–H and O–H groups in total. The van der Waals surface area contributed by atoms with Gasteiger partial charge in [0.1, 0.15) is 0 Å². The Hall–Kier alpha value is -1.35. The summed E-state index contributed by atoms with van der Waals surface area (Å²) in [6.07, 6.45) is 2.02. The van der Waals surface area contributed by atoms with E-state index >= 15 is 0 Å². The summed E-state index contributed by atoms with van der Waals surface area (Å²) in [6.45, 7) is 5.13. The summed E-state index contributed by atoms with van der Waals surface area (Å²) in [6, 6.07) is 8.37. The highest BCUT2D eigenvalue weighted by Gasteiger charge is 2.23. The van der Waals surface area contributed by atoms with E-state index in [1.807, 2.05) is 11.7 Å². The normalized spacial score (nSPS) is 15.1. The molecule has 92 valence electrons. The van der Waals surface area contributed by atoms with Gasteiger partial charge in [-0.2, -0.15) is 5.10 Å². The van der Waals surface area contributed by atoms with Crippen LogP contribution in [0.3, 0.4) is 0 Å². The number of hydrogen-bond donors (Lipinski definition) is 1. The third kappa shape index (κ3) is 2.20. The Morgan fingerprint density at radius 2 is 2.06 bits per heavy atom. The maximum absolute atomic E-state index is 5.88. The van der Waals surface area contributed by atoms with Gasteiger partial charge in [-0.15, -0.1) is 0 Å². The number of aromatic nitrogens is 2. The largest absolute Gasteiger partial charge is 0.330 e. The fraction of sp³-hybridized carbons (Fsp3) is 0.500. The summed E-state index contributed by atoms with van der Waals surface area (Å²) in [5, 5.41) is 5.88. The molecule has 0 aliphatic rings. The van der Waals surface area contributed by atoms with Crippen molar-refractivity contribution >= 4 is 10.9 Å². The van der Waals surface area contributed by atoms with Gasteiger partial charge in [0, 0.05) is 12.4 Å². The average Bonchev–Trinajstić information content (AvgIpc) is 2.67. The number of rotatable bonds is 4. The molecule has 3 heteroatoms. The number of hydrogen-bond acceptors (Lipinski definition) is 2. The number of para-hydroxylation sites is 1. The van der Waals surface area contributed by atoms with Crippen molar-refractivity contribution in [1.82, 2.24) is 9.78 Å². The van der Waals surface area contributed by atoms with Crippen LogP contribution in [0.5, 0.6) is 0 Å². The molecule has 0 bridgehead atoms. The Bertz CT molecular complexity index is 509. The maximum Gasteiger partial charge on any atom is 0.0709 e. The van der Waals surface area contributed by atoms with Crippen molar-refractivity contribution in [2.24, 2.45) is 18.2 Å². The van der Waals surface area contributed by atoms with E-state index in [0.29, 0.717) is 6.54 Å². The first-order valence-corrected chi connectivity index (χ1v) is 6.20. The molecule has 0 saturated heterocycles. The molecule has 0 fully saturated rings. The number of nitrogens with two attached hydrogens (primary N) is 1. The van der Waals surface area contributed by atoms with Crippen LogP contribution in [0.2, 0.25) is 0 Å². The van der Waals surface area contributed by atoms with Gasteiger partial charge < -0.3 is 5.73 Å². The summed E-state index contributed by atoms with van der Waals surface area (Å²) >= 11 is 0. The van der Waals surface area contributed by atoms with Crippen LogP contribution in [-0.2, 0) is 13.5 Å². The zero-order valence-electron chi connectivity index (χ0n) is 10.9. The molecule has 0 spiro atoms. The molecule has 3 nitrogen and oxygen atoms in total. The summed E-state index contributed by atoms with van der Waals surface area (Å²) in [5.41, 5.74) is 8.39. The minimum atomic E-state index is 0.150. The minimum absolute atomic E-state index is 0.150. The number of nitrogens with zero attached hydrogens (tertiary/aromatic N) is 2. The van der Waals surface area contributed by atoms with Crippen molar-refractivity contribution in [3.63, 3.8) is 0 Å². The standard InChI is InChI=1S/C14H21N3/c1-4-14(2,10-15)9-12-11-7-5-6-8-13(11)17(3)16-12/h5-8H,4,9-10,15H2,1-3H3. The molecule has 0 radical (unpaired) electrons. The van der Waals surface area contributed by atoms with Gasteiger partial charge in [-0.05, 0) is 30.9 Å². The molecule has 1 unspecified atom stereocenters. The highest BCUT2D eigenvalue weighted by atomic mass is 15.3. The first-order valence-electron chi connectivity index (χ1n) is 6.20. The van der Waals surface area contributed by atoms with Gasteiger partial charge in [0.2, 0.25) is 0 Å². The molecular weight excluding hydrogens is 210 g/mol. The Kier molecular flexibility index (Phi) is 3.20. The Balaban J connectivity index is 2.43. The van der Waals surface area contributed by atoms with Crippen LogP contribution in [0, 0.1) is 5.41 Å². The predicted octanol–water partition coefficient (Wildman–Crippen LogP) is 2.49. The van der Waals surface area contributed by atoms with Gasteiger partial charge in [-0.1, -0.05) is 32.0 Å². The highest BCUT2D eigenvalue weighted by Crippen LogP contribution is 2.28. The SMILES string of the molecule is CCC(C)(CN)Cc1nn(C)c2ccccc12. The number of aryl methyl sites for hydroxylation is 1. The van der Waals surface area contributed by atoms with Gasteiger partial charge in [0.15, 0.2) is 0 Å². The second-order valence-corrected chi connectivity index (χ2v) is 5.13. The van der Waals surface area contributed by atoms with Crippen LogP contribution < -0.4 is 5.73 Å². The third-order valence-corrected chi connectivity index (χ3v) is 3.77. The first kappa shape index (κ1) is 12.1. The fourth-order valence-electron chi connectivity index (χ4n) is 2.16. The lowest BCUT2D eigenvalue weighted by Crippen LogP contribution is -2.29. The molecule has 1 heterocycles. The van der Waals surface area contributed by atoms with Crippen molar-refractivity contribution in [3.8, 4) is 0 Å². The molecule has 2 rings (SSSR count). The van der Waals surface area contributed by atoms with Crippen LogP contribution in [0.15, 0.2) is 24.3 Å². The summed E-state index contributed by atoms with van der Waals surface area (Å²) in [7, 11) is 2.00. The number of benzene rings is 1. The molecule has 0 saturated carbocycles. The van der Waals surface area contributed by atoms with Crippen LogP contribution in [-0.4, -0.2) is 16.3 Å². The molecule has 0 amide bonds. The van der Waals surface area contributed by atoms with Gasteiger partial charge >= 0.3 is 0 Å². The second-order valence-electron chi connectivity index (χ2n) is 5.13. The van der Waals surface area contributed by atoms with E-state index in [9.17, 15) is 0 Å². The maximum atomic E-state index is 5.88. The van der Waals surface area contributed by atoms with Crippen molar-refractivity contribution in [2.45, 2.75) is 26.7 Å². The molecule has 0 aliphatic heterocycles. The second kappa shape index (κ2) is 4.49. The molecule has 1 aromatic carbocycles. The minimum Gasteiger partial charge on any atom is -0.330 e. The van der Waals surface area contributed by atoms with Gasteiger partial charge in [-0.25, -0.2) is 0 Å². The van der Waals surface area contributed by atoms with E-state index in [1.54, 1.807) is 0 Å². The quantitative estimate of drug-likeness (QED) is 0.878. The molecule has 0 aliphatic carbocycles. The summed E-state index contributed by atoms with van der Waals surface area (Å²) in [5.74, 6) is 0. The monoisotopic (exact) mass is 231 g/mol. The van der Waals surface area contributed by atoms with Gasteiger partial charge in [0.25, 0.3) is 0 Å². The molecule has 1 atom stereocenters. The average molecular weight is 231 g/mol. The van der Waals surface area contributed by atoms with E-state index in [0.717, 1.165) is 18.5 Å². The van der Waals surface area contributed by atoms with Gasteiger partial charge in [-0.3, -0.25) is 4.68 Å². The van der Waals surface area contributed by atoms with E-state index < -0.39 is 0 Å². The van der Waals surface area contributed by atoms with Gasteiger partial charge in [0.05, 0.1) is 11.2 Å². The highest BCUT2D eigenvalue weighted by molar-refractivity contribution is 5.81. The fourth-order valence-corrected chi connectivity index (χ4v) is 2.16. The summed E-state index contributed by atoms with van der Waals surface area (Å²) in [4.78, 5) is 0. The van der Waals surface area contributed by atoms with Crippen LogP contribution in [0.25, 0.3) is 10.9 Å². The van der Waals surface area contributed by atoms with Crippen molar-refractivity contribution in [2.75, 3.05) is 6.54 Å². The van der Waals surface area contributed by atoms with E-state index in [1.165, 1.54) is 10.9 Å².